The van der Waals surface area contributed by atoms with Gasteiger partial charge in [-0.05, 0) is 24.6 Å². The molecular formula is C24H20ClN5O5. The number of nitrogens with one attached hydrogen (secondary N) is 1. The predicted octanol–water partition coefficient (Wildman–Crippen LogP) is 3.60. The van der Waals surface area contributed by atoms with E-state index in [0.717, 1.165) is 27.4 Å². The molecule has 3 aromatic rings. The third kappa shape index (κ3) is 4.06. The normalized spacial score (nSPS) is 14.8. The maximum Gasteiger partial charge on any atom is 0.282 e. The Kier molecular flexibility index (Phi) is 5.81. The number of hydrogen-bond acceptors (Lipinski definition) is 6. The van der Waals surface area contributed by atoms with Crippen molar-refractivity contribution in [1.82, 2.24) is 20.0 Å². The molecule has 0 bridgehead atoms. The van der Waals surface area contributed by atoms with Crippen molar-refractivity contribution < 1.29 is 19.3 Å². The average molecular weight is 494 g/mol. The molecule has 1 N–H and O–H groups in total. The lowest BCUT2D eigenvalue weighted by Gasteiger charge is -2.27. The van der Waals surface area contributed by atoms with Crippen LogP contribution in [0.4, 0.5) is 5.69 Å². The number of fused-ring (bicyclic) bond motifs is 2. The van der Waals surface area contributed by atoms with Crippen molar-refractivity contribution in [2.45, 2.75) is 25.8 Å². The summed E-state index contributed by atoms with van der Waals surface area (Å²) >= 11 is 6.12. The first-order valence-electron chi connectivity index (χ1n) is 11.1. The van der Waals surface area contributed by atoms with Crippen molar-refractivity contribution in [1.29, 1.82) is 0 Å². The molecule has 0 aliphatic carbocycles. The third-order valence-electron chi connectivity index (χ3n) is 6.33. The molecule has 0 saturated heterocycles. The molecule has 0 unspecified atom stereocenters. The van der Waals surface area contributed by atoms with Crippen molar-refractivity contribution in [3.8, 4) is 11.3 Å². The highest BCUT2D eigenvalue weighted by Crippen LogP contribution is 2.32. The fraction of sp³-hybridized carbons (Fsp3) is 0.250. The molecule has 0 fully saturated rings. The van der Waals surface area contributed by atoms with E-state index in [2.05, 4.69) is 10.2 Å². The molecule has 2 aliphatic heterocycles. The zero-order valence-corrected chi connectivity index (χ0v) is 19.2. The molecule has 2 aliphatic rings. The van der Waals surface area contributed by atoms with Crippen LogP contribution in [-0.2, 0) is 17.8 Å². The molecular weight excluding hydrogens is 474 g/mol. The second-order valence-corrected chi connectivity index (χ2v) is 8.86. The van der Waals surface area contributed by atoms with Crippen LogP contribution in [0.3, 0.4) is 0 Å². The molecule has 178 valence electrons. The monoisotopic (exact) mass is 493 g/mol. The third-order valence-corrected chi connectivity index (χ3v) is 6.57. The number of benzene rings is 2. The minimum Gasteiger partial charge on any atom is -0.338 e. The Labute approximate surface area is 204 Å². The summed E-state index contributed by atoms with van der Waals surface area (Å²) in [5.41, 5.74) is 2.99. The van der Waals surface area contributed by atoms with Gasteiger partial charge in [-0.15, -0.1) is 0 Å². The van der Waals surface area contributed by atoms with Crippen LogP contribution in [0.2, 0.25) is 5.02 Å². The summed E-state index contributed by atoms with van der Waals surface area (Å²) in [6.45, 7) is 0.932. The van der Waals surface area contributed by atoms with Crippen molar-refractivity contribution in [3.05, 3.63) is 80.0 Å². The Morgan fingerprint density at radius 1 is 1.17 bits per heavy atom. The minimum absolute atomic E-state index is 0.00774. The number of imide groups is 1. The second-order valence-electron chi connectivity index (χ2n) is 8.43. The van der Waals surface area contributed by atoms with Gasteiger partial charge in [-0.3, -0.25) is 34.5 Å². The van der Waals surface area contributed by atoms with Crippen molar-refractivity contribution in [2.24, 2.45) is 0 Å². The lowest BCUT2D eigenvalue weighted by Crippen LogP contribution is -2.37. The van der Waals surface area contributed by atoms with Crippen LogP contribution in [0.5, 0.6) is 0 Å². The molecule has 3 amide bonds. The van der Waals surface area contributed by atoms with E-state index in [4.69, 9.17) is 11.6 Å². The van der Waals surface area contributed by atoms with Crippen LogP contribution in [0.25, 0.3) is 11.3 Å². The summed E-state index contributed by atoms with van der Waals surface area (Å²) in [5, 5.41) is 19.3. The number of nitrogens with zero attached hydrogens (tertiary/aromatic N) is 4. The van der Waals surface area contributed by atoms with E-state index in [1.807, 2.05) is 18.2 Å². The first-order valence-corrected chi connectivity index (χ1v) is 11.5. The predicted molar refractivity (Wildman–Crippen MR) is 126 cm³/mol. The van der Waals surface area contributed by atoms with Gasteiger partial charge >= 0.3 is 0 Å². The maximum atomic E-state index is 12.9. The summed E-state index contributed by atoms with van der Waals surface area (Å²) in [4.78, 5) is 51.6. The topological polar surface area (TPSA) is 130 Å². The molecule has 5 rings (SSSR count). The lowest BCUT2D eigenvalue weighted by molar-refractivity contribution is -0.385. The van der Waals surface area contributed by atoms with E-state index < -0.39 is 16.7 Å². The SMILES string of the molecule is O=C(CCCN1C(=O)c2cccc([N+](=O)[O-])c2C1=O)N1CCc2[nH]nc(-c3cccc(Cl)c3)c2C1. The van der Waals surface area contributed by atoms with Gasteiger partial charge in [-0.2, -0.15) is 5.10 Å². The van der Waals surface area contributed by atoms with Gasteiger partial charge in [0.25, 0.3) is 17.5 Å². The highest BCUT2D eigenvalue weighted by molar-refractivity contribution is 6.30. The van der Waals surface area contributed by atoms with E-state index >= 15 is 0 Å². The number of carbonyl (C=O) groups is 3. The number of nitro groups is 1. The van der Waals surface area contributed by atoms with Crippen LogP contribution in [-0.4, -0.2) is 55.7 Å². The van der Waals surface area contributed by atoms with Gasteiger partial charge in [-0.25, -0.2) is 0 Å². The summed E-state index contributed by atoms with van der Waals surface area (Å²) in [5.74, 6) is -1.37. The smallest absolute Gasteiger partial charge is 0.282 e. The standard InChI is InChI=1S/C24H20ClN5O5/c25-15-5-1-4-14(12-15)22-17-13-28(11-9-18(17)26-27-22)20(31)8-3-10-29-23(32)16-6-2-7-19(30(34)35)21(16)24(29)33/h1-2,4-7,12H,3,8-11,13H2,(H,26,27). The van der Waals surface area contributed by atoms with Gasteiger partial charge in [0, 0.05) is 60.4 Å². The number of hydrogen-bond donors (Lipinski definition) is 1. The maximum absolute atomic E-state index is 12.9. The molecule has 0 saturated carbocycles. The molecule has 11 heteroatoms. The quantitative estimate of drug-likeness (QED) is 0.317. The highest BCUT2D eigenvalue weighted by Gasteiger charge is 2.40. The van der Waals surface area contributed by atoms with E-state index in [1.54, 1.807) is 11.0 Å². The van der Waals surface area contributed by atoms with Gasteiger partial charge < -0.3 is 4.90 Å². The fourth-order valence-electron chi connectivity index (χ4n) is 4.60. The summed E-state index contributed by atoms with van der Waals surface area (Å²) in [7, 11) is 0. The Morgan fingerprint density at radius 3 is 2.74 bits per heavy atom. The molecule has 1 aromatic heterocycles. The van der Waals surface area contributed by atoms with Gasteiger partial charge in [0.15, 0.2) is 0 Å². The number of amides is 3. The van der Waals surface area contributed by atoms with Crippen molar-refractivity contribution in [2.75, 3.05) is 13.1 Å². The highest BCUT2D eigenvalue weighted by atomic mass is 35.5. The van der Waals surface area contributed by atoms with Gasteiger partial charge in [-0.1, -0.05) is 29.8 Å². The number of rotatable bonds is 6. The Bertz CT molecular complexity index is 1380. The molecule has 10 nitrogen and oxygen atoms in total. The first kappa shape index (κ1) is 22.7. The fourth-order valence-corrected chi connectivity index (χ4v) is 4.79. The van der Waals surface area contributed by atoms with E-state index in [-0.39, 0.29) is 42.1 Å². The Morgan fingerprint density at radius 2 is 1.97 bits per heavy atom. The Hall–Kier alpha value is -4.05. The van der Waals surface area contributed by atoms with Crippen LogP contribution in [0.15, 0.2) is 42.5 Å². The van der Waals surface area contributed by atoms with Gasteiger partial charge in [0.2, 0.25) is 5.91 Å². The number of H-pyrrole nitrogens is 1. The minimum atomic E-state index is -0.697. The summed E-state index contributed by atoms with van der Waals surface area (Å²) < 4.78 is 0. The largest absolute Gasteiger partial charge is 0.338 e. The zero-order valence-electron chi connectivity index (χ0n) is 18.5. The molecule has 0 radical (unpaired) electrons. The molecule has 0 atom stereocenters. The number of halogens is 1. The number of aromatic amines is 1. The summed E-state index contributed by atoms with van der Waals surface area (Å²) in [6.07, 6.45) is 1.03. The van der Waals surface area contributed by atoms with Crippen LogP contribution < -0.4 is 0 Å². The molecule has 35 heavy (non-hydrogen) atoms. The Balaban J connectivity index is 1.23. The van der Waals surface area contributed by atoms with Crippen LogP contribution >= 0.6 is 11.6 Å². The lowest BCUT2D eigenvalue weighted by atomic mass is 10.0. The van der Waals surface area contributed by atoms with Crippen molar-refractivity contribution >= 4 is 35.0 Å². The summed E-state index contributed by atoms with van der Waals surface area (Å²) in [6, 6.07) is 11.4. The second kappa shape index (κ2) is 8.95. The van der Waals surface area contributed by atoms with Crippen LogP contribution in [0, 0.1) is 10.1 Å². The molecule has 3 heterocycles. The zero-order chi connectivity index (χ0) is 24.7. The van der Waals surface area contributed by atoms with E-state index in [9.17, 15) is 24.5 Å². The van der Waals surface area contributed by atoms with Gasteiger partial charge in [0.1, 0.15) is 5.56 Å². The number of carbonyl (C=O) groups excluding carboxylic acids is 3. The van der Waals surface area contributed by atoms with E-state index in [0.29, 0.717) is 24.5 Å². The molecule has 2 aromatic carbocycles. The van der Waals surface area contributed by atoms with Crippen molar-refractivity contribution in [3.63, 3.8) is 0 Å². The first-order chi connectivity index (χ1) is 16.8. The number of aromatic nitrogens is 2. The van der Waals surface area contributed by atoms with Gasteiger partial charge in [0.05, 0.1) is 16.2 Å². The number of nitro benzene ring substituents is 1. The average Bonchev–Trinajstić information content (AvgIpc) is 3.38. The van der Waals surface area contributed by atoms with E-state index in [1.165, 1.54) is 18.2 Å². The van der Waals surface area contributed by atoms with Crippen LogP contribution in [0.1, 0.15) is 44.8 Å². The molecule has 0 spiro atoms.